The minimum Gasteiger partial charge on any atom is -0.484 e. The molecule has 0 amide bonds. The predicted molar refractivity (Wildman–Crippen MR) is 195 cm³/mol. The van der Waals surface area contributed by atoms with Crippen molar-refractivity contribution in [3.63, 3.8) is 0 Å². The van der Waals surface area contributed by atoms with Crippen molar-refractivity contribution in [1.29, 1.82) is 0 Å². The van der Waals surface area contributed by atoms with Crippen LogP contribution in [0.1, 0.15) is 77.8 Å². The summed E-state index contributed by atoms with van der Waals surface area (Å²) in [6, 6.07) is 26.2. The lowest BCUT2D eigenvalue weighted by Gasteiger charge is -2.22. The molecule has 2 unspecified atom stereocenters. The van der Waals surface area contributed by atoms with Crippen LogP contribution >= 0.6 is 0 Å². The van der Waals surface area contributed by atoms with Crippen LogP contribution in [0.5, 0.6) is 5.75 Å². The number of aromatic nitrogens is 3. The van der Waals surface area contributed by atoms with Crippen LogP contribution in [0.4, 0.5) is 0 Å². The second-order valence-corrected chi connectivity index (χ2v) is 13.3. The normalized spacial score (nSPS) is 19.5. The molecule has 0 N–H and O–H groups in total. The molecule has 48 heavy (non-hydrogen) atoms. The maximum absolute atomic E-state index is 7.13. The SMILES string of the molecule is C1=CCCC(c2cccc(-c3cccc4c3OC3c5c6c(n(-c7nc(-c8ccccc8)c8c(n7)=CCCC=8)c5C=CC43)CCC=C6)c2)=C1. The molecule has 0 fully saturated rings. The molecule has 0 saturated carbocycles. The van der Waals surface area contributed by atoms with Crippen LogP contribution in [0.25, 0.3) is 58.2 Å². The van der Waals surface area contributed by atoms with Gasteiger partial charge in [-0.25, -0.2) is 9.97 Å². The highest BCUT2D eigenvalue weighted by atomic mass is 16.5. The van der Waals surface area contributed by atoms with Gasteiger partial charge in [-0.1, -0.05) is 115 Å². The van der Waals surface area contributed by atoms with Crippen molar-refractivity contribution >= 4 is 29.9 Å². The van der Waals surface area contributed by atoms with E-state index < -0.39 is 0 Å². The first kappa shape index (κ1) is 27.6. The lowest BCUT2D eigenvalue weighted by Crippen LogP contribution is -2.35. The van der Waals surface area contributed by atoms with E-state index in [1.54, 1.807) is 0 Å². The zero-order valence-corrected chi connectivity index (χ0v) is 26.8. The van der Waals surface area contributed by atoms with Crippen molar-refractivity contribution < 1.29 is 4.74 Å². The first-order chi connectivity index (χ1) is 23.8. The van der Waals surface area contributed by atoms with Crippen molar-refractivity contribution in [1.82, 2.24) is 14.5 Å². The van der Waals surface area contributed by atoms with E-state index in [1.807, 2.05) is 0 Å². The summed E-state index contributed by atoms with van der Waals surface area (Å²) in [4.78, 5) is 10.6. The number of hydrogen-bond donors (Lipinski definition) is 0. The van der Waals surface area contributed by atoms with Crippen LogP contribution in [0, 0.1) is 0 Å². The lowest BCUT2D eigenvalue weighted by atomic mass is 9.83. The van der Waals surface area contributed by atoms with E-state index in [9.17, 15) is 0 Å². The molecule has 0 spiro atoms. The van der Waals surface area contributed by atoms with Crippen molar-refractivity contribution in [2.75, 3.05) is 0 Å². The monoisotopic (exact) mass is 621 g/mol. The molecule has 232 valence electrons. The molecule has 4 nitrogen and oxygen atoms in total. The number of rotatable bonds is 4. The molecule has 2 aromatic heterocycles. The Morgan fingerprint density at radius 3 is 2.52 bits per heavy atom. The third kappa shape index (κ3) is 4.29. The number of fused-ring (bicyclic) bond motifs is 8. The molecule has 0 radical (unpaired) electrons. The Labute approximate surface area is 280 Å². The van der Waals surface area contributed by atoms with Crippen LogP contribution in [-0.4, -0.2) is 14.5 Å². The summed E-state index contributed by atoms with van der Waals surface area (Å²) in [5, 5.41) is 2.17. The van der Waals surface area contributed by atoms with Crippen LogP contribution in [-0.2, 0) is 6.42 Å². The fourth-order valence-electron chi connectivity index (χ4n) is 8.33. The molecule has 5 aliphatic rings. The fraction of sp³-hybridized carbons (Fsp3) is 0.182. The van der Waals surface area contributed by atoms with Gasteiger partial charge in [-0.05, 0) is 67.4 Å². The molecule has 10 rings (SSSR count). The summed E-state index contributed by atoms with van der Waals surface area (Å²) in [6.07, 6.45) is 26.5. The van der Waals surface area contributed by atoms with E-state index in [2.05, 4.69) is 132 Å². The van der Waals surface area contributed by atoms with E-state index in [0.29, 0.717) is 0 Å². The van der Waals surface area contributed by atoms with E-state index >= 15 is 0 Å². The molecule has 2 atom stereocenters. The Hall–Kier alpha value is -5.48. The van der Waals surface area contributed by atoms with E-state index in [-0.39, 0.29) is 12.0 Å². The third-order valence-corrected chi connectivity index (χ3v) is 10.6. The maximum atomic E-state index is 7.13. The van der Waals surface area contributed by atoms with Crippen LogP contribution < -0.4 is 15.3 Å². The minimum atomic E-state index is -0.112. The topological polar surface area (TPSA) is 39.9 Å². The zero-order chi connectivity index (χ0) is 31.6. The molecule has 0 bridgehead atoms. The van der Waals surface area contributed by atoms with Gasteiger partial charge in [-0.15, -0.1) is 0 Å². The number of allylic oxidation sites excluding steroid dienone is 5. The van der Waals surface area contributed by atoms with Gasteiger partial charge in [0.2, 0.25) is 5.95 Å². The highest BCUT2D eigenvalue weighted by Gasteiger charge is 2.42. The second kappa shape index (κ2) is 11.1. The van der Waals surface area contributed by atoms with Gasteiger partial charge in [0.05, 0.1) is 16.7 Å². The fourth-order valence-corrected chi connectivity index (χ4v) is 8.33. The van der Waals surface area contributed by atoms with Gasteiger partial charge in [-0.2, -0.15) is 0 Å². The Kier molecular flexibility index (Phi) is 6.36. The zero-order valence-electron chi connectivity index (χ0n) is 26.8. The Balaban J connectivity index is 1.11. The Morgan fingerprint density at radius 1 is 0.750 bits per heavy atom. The lowest BCUT2D eigenvalue weighted by molar-refractivity contribution is 0.224. The van der Waals surface area contributed by atoms with Crippen molar-refractivity contribution in [2.45, 2.75) is 50.5 Å². The molecule has 4 heteroatoms. The van der Waals surface area contributed by atoms with Gasteiger partial charge in [0, 0.05) is 44.6 Å². The van der Waals surface area contributed by atoms with Gasteiger partial charge >= 0.3 is 0 Å². The van der Waals surface area contributed by atoms with Crippen molar-refractivity contribution in [3.8, 4) is 34.1 Å². The molecular weight excluding hydrogens is 587 g/mol. The molecule has 0 saturated heterocycles. The molecule has 4 aliphatic carbocycles. The van der Waals surface area contributed by atoms with Gasteiger partial charge in [0.25, 0.3) is 0 Å². The first-order valence-corrected chi connectivity index (χ1v) is 17.3. The van der Waals surface area contributed by atoms with E-state index in [4.69, 9.17) is 14.7 Å². The third-order valence-electron chi connectivity index (χ3n) is 10.6. The van der Waals surface area contributed by atoms with Crippen LogP contribution in [0.3, 0.4) is 0 Å². The maximum Gasteiger partial charge on any atom is 0.235 e. The summed E-state index contributed by atoms with van der Waals surface area (Å²) in [5.74, 6) is 1.89. The standard InChI is InChI=1S/C44H35N3O/c1-3-13-28(14-4-1)30-17-11-18-31(27-30)32-21-12-22-33-34-25-26-39-40(43(34)48-42(32)33)36-20-8-10-24-38(36)47(39)44-45-37-23-9-7-19-35(37)41(46-44)29-15-5-2-6-16-29/h1-3,5-6,8,11-13,15-23,25-27,34,43H,4,7,9-10,14,24H2. The van der Waals surface area contributed by atoms with Gasteiger partial charge in [-0.3, -0.25) is 4.57 Å². The number of benzene rings is 3. The highest BCUT2D eigenvalue weighted by Crippen LogP contribution is 2.55. The molecular formula is C44H35N3O. The number of para-hydroxylation sites is 1. The largest absolute Gasteiger partial charge is 0.484 e. The van der Waals surface area contributed by atoms with Gasteiger partial charge in [0.15, 0.2) is 0 Å². The van der Waals surface area contributed by atoms with Crippen LogP contribution in [0.15, 0.2) is 103 Å². The first-order valence-electron chi connectivity index (χ1n) is 17.3. The van der Waals surface area contributed by atoms with Crippen molar-refractivity contribution in [3.05, 3.63) is 147 Å². The average molecular weight is 622 g/mol. The molecule has 3 heterocycles. The Morgan fingerprint density at radius 2 is 1.60 bits per heavy atom. The van der Waals surface area contributed by atoms with Crippen LogP contribution in [0.2, 0.25) is 0 Å². The molecule has 1 aliphatic heterocycles. The summed E-state index contributed by atoms with van der Waals surface area (Å²) in [5.41, 5.74) is 13.4. The average Bonchev–Trinajstić information content (AvgIpc) is 3.71. The number of hydrogen-bond acceptors (Lipinski definition) is 3. The highest BCUT2D eigenvalue weighted by molar-refractivity contribution is 5.80. The van der Waals surface area contributed by atoms with E-state index in [1.165, 1.54) is 39.1 Å². The summed E-state index contributed by atoms with van der Waals surface area (Å²) < 4.78 is 9.46. The number of ether oxygens (including phenoxy) is 1. The summed E-state index contributed by atoms with van der Waals surface area (Å²) in [6.45, 7) is 0. The Bertz CT molecular complexity index is 2390. The van der Waals surface area contributed by atoms with E-state index in [0.717, 1.165) is 83.3 Å². The predicted octanol–water partition coefficient (Wildman–Crippen LogP) is 8.89. The number of nitrogens with zero attached hydrogens (tertiary/aromatic N) is 3. The van der Waals surface area contributed by atoms with Gasteiger partial charge in [0.1, 0.15) is 11.9 Å². The smallest absolute Gasteiger partial charge is 0.235 e. The van der Waals surface area contributed by atoms with Gasteiger partial charge < -0.3 is 4.74 Å². The second-order valence-electron chi connectivity index (χ2n) is 13.3. The summed E-state index contributed by atoms with van der Waals surface area (Å²) in [7, 11) is 0. The minimum absolute atomic E-state index is 0.112. The van der Waals surface area contributed by atoms with Crippen molar-refractivity contribution in [2.24, 2.45) is 0 Å². The quantitative estimate of drug-likeness (QED) is 0.201. The molecule has 3 aromatic carbocycles. The molecule has 5 aromatic rings. The summed E-state index contributed by atoms with van der Waals surface area (Å²) >= 11 is 0.